The van der Waals surface area contributed by atoms with Gasteiger partial charge in [0.05, 0.1) is 60.9 Å². The SMILES string of the molecule is CCOC1OC(C(=O)N2CCc3cc(OC)c(OC)cc3C2CC2CC3c4cc(OC)c(OC)cc4CCN3CC2CC)=CC(c2ccsc2)C1CCOCCOCCO. The van der Waals surface area contributed by atoms with Crippen LogP contribution >= 0.6 is 11.3 Å². The van der Waals surface area contributed by atoms with Crippen LogP contribution in [0.3, 0.4) is 0 Å². The van der Waals surface area contributed by atoms with Gasteiger partial charge in [0.15, 0.2) is 28.8 Å². The van der Waals surface area contributed by atoms with Crippen LogP contribution in [0.4, 0.5) is 0 Å². The number of methoxy groups -OCH3 is 4. The first-order valence-electron chi connectivity index (χ1n) is 21.7. The van der Waals surface area contributed by atoms with Crippen LogP contribution in [0.1, 0.15) is 85.3 Å². The summed E-state index contributed by atoms with van der Waals surface area (Å²) in [5.74, 6) is 3.72. The minimum Gasteiger partial charge on any atom is -0.493 e. The molecule has 7 unspecified atom stereocenters. The topological polar surface area (TPSA) is 118 Å². The summed E-state index contributed by atoms with van der Waals surface area (Å²) in [5.41, 5.74) is 6.05. The zero-order chi connectivity index (χ0) is 42.2. The Morgan fingerprint density at radius 1 is 0.850 bits per heavy atom. The van der Waals surface area contributed by atoms with E-state index in [2.05, 4.69) is 57.8 Å². The molecule has 4 aliphatic rings. The number of carbonyl (C=O) groups is 1. The van der Waals surface area contributed by atoms with E-state index in [1.807, 2.05) is 13.0 Å². The second kappa shape index (κ2) is 20.8. The van der Waals surface area contributed by atoms with Gasteiger partial charge in [0.1, 0.15) is 0 Å². The molecule has 0 aliphatic carbocycles. The highest BCUT2D eigenvalue weighted by Crippen LogP contribution is 2.50. The van der Waals surface area contributed by atoms with Crippen LogP contribution in [0.15, 0.2) is 52.9 Å². The van der Waals surface area contributed by atoms with E-state index in [0.717, 1.165) is 61.4 Å². The van der Waals surface area contributed by atoms with Crippen molar-refractivity contribution in [2.45, 2.75) is 76.7 Å². The van der Waals surface area contributed by atoms with Crippen molar-refractivity contribution in [3.8, 4) is 23.0 Å². The fourth-order valence-electron chi connectivity index (χ4n) is 10.1. The molecule has 0 radical (unpaired) electrons. The third kappa shape index (κ3) is 9.46. The molecule has 1 aromatic heterocycles. The second-order valence-corrected chi connectivity index (χ2v) is 17.0. The molecule has 1 amide bonds. The molecule has 0 saturated carbocycles. The van der Waals surface area contributed by atoms with E-state index in [0.29, 0.717) is 81.5 Å². The summed E-state index contributed by atoms with van der Waals surface area (Å²) in [7, 11) is 6.74. The number of fused-ring (bicyclic) bond motifs is 4. The molecule has 3 aromatic rings. The average molecular weight is 849 g/mol. The lowest BCUT2D eigenvalue weighted by Gasteiger charge is -2.49. The Bertz CT molecular complexity index is 1900. The monoisotopic (exact) mass is 848 g/mol. The Kier molecular flexibility index (Phi) is 15.3. The van der Waals surface area contributed by atoms with Gasteiger partial charge in [-0.05, 0) is 126 Å². The number of aliphatic hydroxyl groups is 1. The summed E-state index contributed by atoms with van der Waals surface area (Å²) in [6, 6.07) is 10.7. The number of benzene rings is 2. The van der Waals surface area contributed by atoms with Crippen molar-refractivity contribution >= 4 is 17.2 Å². The smallest absolute Gasteiger partial charge is 0.289 e. The van der Waals surface area contributed by atoms with Crippen molar-refractivity contribution in [2.75, 3.05) is 87.7 Å². The van der Waals surface area contributed by atoms with Crippen LogP contribution in [-0.2, 0) is 36.6 Å². The minimum atomic E-state index is -0.631. The molecular weight excluding hydrogens is 785 g/mol. The molecule has 5 heterocycles. The van der Waals surface area contributed by atoms with Gasteiger partial charge in [0, 0.05) is 50.7 Å². The summed E-state index contributed by atoms with van der Waals surface area (Å²) in [6.45, 7) is 8.87. The van der Waals surface area contributed by atoms with Crippen LogP contribution < -0.4 is 18.9 Å². The van der Waals surface area contributed by atoms with Gasteiger partial charge in [-0.3, -0.25) is 9.69 Å². The highest BCUT2D eigenvalue weighted by atomic mass is 32.1. The van der Waals surface area contributed by atoms with E-state index in [1.165, 1.54) is 16.7 Å². The molecule has 1 fully saturated rings. The van der Waals surface area contributed by atoms with Crippen LogP contribution in [0.5, 0.6) is 23.0 Å². The van der Waals surface area contributed by atoms with Crippen molar-refractivity contribution in [3.63, 3.8) is 0 Å². The van der Waals surface area contributed by atoms with Crippen molar-refractivity contribution in [1.29, 1.82) is 0 Å². The van der Waals surface area contributed by atoms with E-state index < -0.39 is 6.29 Å². The number of rotatable bonds is 19. The lowest BCUT2D eigenvalue weighted by Crippen LogP contribution is -2.48. The van der Waals surface area contributed by atoms with Gasteiger partial charge in [-0.2, -0.15) is 11.3 Å². The van der Waals surface area contributed by atoms with Gasteiger partial charge in [-0.15, -0.1) is 0 Å². The molecule has 13 heteroatoms. The summed E-state index contributed by atoms with van der Waals surface area (Å²) in [4.78, 5) is 20.0. The maximum absolute atomic E-state index is 15.3. The summed E-state index contributed by atoms with van der Waals surface area (Å²) >= 11 is 1.64. The first kappa shape index (κ1) is 44.2. The summed E-state index contributed by atoms with van der Waals surface area (Å²) in [5, 5.41) is 13.3. The number of hydrogen-bond donors (Lipinski definition) is 1. The van der Waals surface area contributed by atoms with Gasteiger partial charge < -0.3 is 47.9 Å². The van der Waals surface area contributed by atoms with Crippen molar-refractivity contribution in [3.05, 3.63) is 80.7 Å². The molecule has 2 aromatic carbocycles. The molecule has 60 heavy (non-hydrogen) atoms. The van der Waals surface area contributed by atoms with Crippen molar-refractivity contribution in [2.24, 2.45) is 17.8 Å². The number of amides is 1. The number of piperidine rings is 1. The zero-order valence-corrected chi connectivity index (χ0v) is 37.0. The van der Waals surface area contributed by atoms with Crippen molar-refractivity contribution < 1.29 is 47.8 Å². The lowest BCUT2D eigenvalue weighted by atomic mass is 9.72. The number of aliphatic hydroxyl groups excluding tert-OH is 1. The number of thiophene rings is 1. The molecule has 1 N–H and O–H groups in total. The Balaban J connectivity index is 1.21. The van der Waals surface area contributed by atoms with Crippen molar-refractivity contribution in [1.82, 2.24) is 9.80 Å². The van der Waals surface area contributed by atoms with Crippen LogP contribution in [0, 0.1) is 17.8 Å². The van der Waals surface area contributed by atoms with Crippen LogP contribution in [0.2, 0.25) is 0 Å². The highest BCUT2D eigenvalue weighted by molar-refractivity contribution is 7.08. The minimum absolute atomic E-state index is 0.0147. The summed E-state index contributed by atoms with van der Waals surface area (Å²) < 4.78 is 47.5. The maximum atomic E-state index is 15.3. The second-order valence-electron chi connectivity index (χ2n) is 16.2. The zero-order valence-electron chi connectivity index (χ0n) is 36.2. The first-order valence-corrected chi connectivity index (χ1v) is 22.6. The fraction of sp³-hybridized carbons (Fsp3) is 0.596. The molecule has 328 valence electrons. The normalized spacial score (nSPS) is 25.0. The predicted molar refractivity (Wildman–Crippen MR) is 230 cm³/mol. The predicted octanol–water partition coefficient (Wildman–Crippen LogP) is 7.34. The largest absolute Gasteiger partial charge is 0.493 e. The van der Waals surface area contributed by atoms with Crippen LogP contribution in [-0.4, -0.2) is 115 Å². The van der Waals surface area contributed by atoms with Gasteiger partial charge in [-0.1, -0.05) is 13.3 Å². The Hall–Kier alpha value is -3.85. The number of nitrogens with zero attached hydrogens (tertiary/aromatic N) is 2. The molecule has 7 rings (SSSR count). The molecule has 0 bridgehead atoms. The van der Waals surface area contributed by atoms with E-state index in [9.17, 15) is 0 Å². The summed E-state index contributed by atoms with van der Waals surface area (Å²) in [6.07, 6.45) is 6.57. The first-order chi connectivity index (χ1) is 29.3. The lowest BCUT2D eigenvalue weighted by molar-refractivity contribution is -0.173. The third-order valence-electron chi connectivity index (χ3n) is 13.1. The highest BCUT2D eigenvalue weighted by Gasteiger charge is 2.45. The van der Waals surface area contributed by atoms with E-state index >= 15 is 4.79 Å². The molecule has 0 spiro atoms. The van der Waals surface area contributed by atoms with Gasteiger partial charge in [-0.25, -0.2) is 0 Å². The van der Waals surface area contributed by atoms with E-state index in [-0.39, 0.29) is 36.4 Å². The number of hydrogen-bond acceptors (Lipinski definition) is 12. The number of allylic oxidation sites excluding steroid dienone is 1. The Morgan fingerprint density at radius 2 is 1.52 bits per heavy atom. The quantitative estimate of drug-likeness (QED) is 0.122. The Labute approximate surface area is 359 Å². The third-order valence-corrected chi connectivity index (χ3v) is 13.8. The van der Waals surface area contributed by atoms with Gasteiger partial charge in [0.2, 0.25) is 6.29 Å². The Morgan fingerprint density at radius 3 is 2.17 bits per heavy atom. The average Bonchev–Trinajstić information content (AvgIpc) is 3.83. The molecule has 1 saturated heterocycles. The fourth-order valence-corrected chi connectivity index (χ4v) is 10.8. The maximum Gasteiger partial charge on any atom is 0.289 e. The van der Waals surface area contributed by atoms with E-state index in [1.54, 1.807) is 39.8 Å². The van der Waals surface area contributed by atoms with Crippen LogP contribution in [0.25, 0.3) is 0 Å². The molecule has 7 atom stereocenters. The molecular formula is C47H64N2O10S. The van der Waals surface area contributed by atoms with Gasteiger partial charge in [0.25, 0.3) is 5.91 Å². The standard InChI is InChI=1S/C47H64N2O10S/c1-7-30-28-48-13-9-31-23-41(52-3)43(54-5)26-37(31)39(48)21-34(30)22-40-38-27-44(55-6)42(53-4)24-32(38)10-14-49(40)46(51)45-25-36(33-12-20-60-29-33)35(47(59-45)58-8-2)11-16-56-18-19-57-17-15-50/h12,20,23-27,29-30,34-36,39-40,47,50H,7-11,13-19,21-22,28H2,1-6H3. The number of ether oxygens (including phenoxy) is 8. The number of carbonyl (C=O) groups excluding carboxylic acids is 1. The molecule has 4 aliphatic heterocycles. The van der Waals surface area contributed by atoms with Gasteiger partial charge >= 0.3 is 0 Å². The molecule has 12 nitrogen and oxygen atoms in total. The van der Waals surface area contributed by atoms with E-state index in [4.69, 9.17) is 43.0 Å².